The normalized spacial score (nSPS) is 29.0. The molecule has 0 aromatic carbocycles. The molecule has 1 heterocycles. The SMILES string of the molecule is O=S1(=O)CC[C@H](O[C@@H](O)C(Cl)(Cl)Cl)C1. The smallest absolute Gasteiger partial charge is 0.240 e. The highest BCUT2D eigenvalue weighted by atomic mass is 35.6. The second-order valence-electron chi connectivity index (χ2n) is 3.06. The van der Waals surface area contributed by atoms with E-state index >= 15 is 0 Å². The van der Waals surface area contributed by atoms with E-state index in [9.17, 15) is 13.5 Å². The van der Waals surface area contributed by atoms with Gasteiger partial charge in [0, 0.05) is 0 Å². The lowest BCUT2D eigenvalue weighted by Crippen LogP contribution is -2.33. The molecule has 1 rings (SSSR count). The summed E-state index contributed by atoms with van der Waals surface area (Å²) in [6.07, 6.45) is -1.88. The molecular formula is C6H9Cl3O4S. The van der Waals surface area contributed by atoms with Gasteiger partial charge < -0.3 is 9.84 Å². The van der Waals surface area contributed by atoms with Gasteiger partial charge in [-0.1, -0.05) is 34.8 Å². The van der Waals surface area contributed by atoms with Crippen LogP contribution in [-0.2, 0) is 14.6 Å². The van der Waals surface area contributed by atoms with Crippen LogP contribution in [0.4, 0.5) is 0 Å². The molecule has 14 heavy (non-hydrogen) atoms. The number of ether oxygens (including phenoxy) is 1. The van der Waals surface area contributed by atoms with Gasteiger partial charge in [0.25, 0.3) is 0 Å². The number of halogens is 3. The van der Waals surface area contributed by atoms with E-state index in [0.717, 1.165) is 0 Å². The van der Waals surface area contributed by atoms with Crippen LogP contribution in [0.1, 0.15) is 6.42 Å². The second-order valence-corrected chi connectivity index (χ2v) is 7.65. The largest absolute Gasteiger partial charge is 0.365 e. The summed E-state index contributed by atoms with van der Waals surface area (Å²) in [5.41, 5.74) is 0. The van der Waals surface area contributed by atoms with Crippen LogP contribution in [0.25, 0.3) is 0 Å². The summed E-state index contributed by atoms with van der Waals surface area (Å²) in [6.45, 7) is 0. The van der Waals surface area contributed by atoms with Gasteiger partial charge in [-0.15, -0.1) is 0 Å². The van der Waals surface area contributed by atoms with Crippen LogP contribution in [-0.4, -0.2) is 41.2 Å². The number of hydrogen-bond donors (Lipinski definition) is 1. The Morgan fingerprint density at radius 3 is 2.36 bits per heavy atom. The van der Waals surface area contributed by atoms with E-state index in [2.05, 4.69) is 0 Å². The first-order valence-corrected chi connectivity index (χ1v) is 6.77. The van der Waals surface area contributed by atoms with Crippen molar-refractivity contribution in [1.29, 1.82) is 0 Å². The number of sulfone groups is 1. The molecule has 8 heteroatoms. The first-order chi connectivity index (χ1) is 6.21. The van der Waals surface area contributed by atoms with Crippen molar-refractivity contribution in [2.45, 2.75) is 22.6 Å². The van der Waals surface area contributed by atoms with Crippen molar-refractivity contribution in [3.8, 4) is 0 Å². The molecule has 0 aromatic rings. The summed E-state index contributed by atoms with van der Waals surface area (Å²) in [7, 11) is -3.05. The lowest BCUT2D eigenvalue weighted by atomic mass is 10.3. The minimum absolute atomic E-state index is 0.0459. The van der Waals surface area contributed by atoms with Crippen LogP contribution < -0.4 is 0 Å². The molecule has 1 fully saturated rings. The van der Waals surface area contributed by atoms with Crippen molar-refractivity contribution in [3.63, 3.8) is 0 Å². The predicted octanol–water partition coefficient (Wildman–Crippen LogP) is 0.879. The number of alkyl halides is 3. The Morgan fingerprint density at radius 1 is 1.43 bits per heavy atom. The van der Waals surface area contributed by atoms with E-state index < -0.39 is 26.0 Å². The van der Waals surface area contributed by atoms with Crippen molar-refractivity contribution in [3.05, 3.63) is 0 Å². The van der Waals surface area contributed by atoms with Gasteiger partial charge in [-0.2, -0.15) is 0 Å². The summed E-state index contributed by atoms with van der Waals surface area (Å²) in [5, 5.41) is 9.20. The lowest BCUT2D eigenvalue weighted by molar-refractivity contribution is -0.124. The zero-order chi connectivity index (χ0) is 11.0. The highest BCUT2D eigenvalue weighted by Gasteiger charge is 2.37. The third-order valence-corrected chi connectivity index (χ3v) is 4.09. The molecule has 0 aliphatic carbocycles. The molecule has 1 aliphatic rings. The molecule has 0 spiro atoms. The summed E-state index contributed by atoms with van der Waals surface area (Å²) in [4.78, 5) is 0. The lowest BCUT2D eigenvalue weighted by Gasteiger charge is -2.22. The molecule has 0 aromatic heterocycles. The number of aliphatic hydroxyl groups excluding tert-OH is 1. The number of aliphatic hydroxyl groups is 1. The van der Waals surface area contributed by atoms with Gasteiger partial charge in [0.15, 0.2) is 9.84 Å². The zero-order valence-electron chi connectivity index (χ0n) is 6.99. The van der Waals surface area contributed by atoms with Gasteiger partial charge in [0.05, 0.1) is 17.6 Å². The summed E-state index contributed by atoms with van der Waals surface area (Å²) in [6, 6.07) is 0. The summed E-state index contributed by atoms with van der Waals surface area (Å²) < 4.78 is 25.0. The highest BCUT2D eigenvalue weighted by molar-refractivity contribution is 7.91. The first-order valence-electron chi connectivity index (χ1n) is 3.81. The Bertz CT molecular complexity index is 297. The fourth-order valence-electron chi connectivity index (χ4n) is 1.13. The number of hydrogen-bond acceptors (Lipinski definition) is 4. The van der Waals surface area contributed by atoms with E-state index in [4.69, 9.17) is 39.5 Å². The molecule has 84 valence electrons. The third kappa shape index (κ3) is 3.72. The van der Waals surface area contributed by atoms with E-state index in [1.807, 2.05) is 0 Å². The zero-order valence-corrected chi connectivity index (χ0v) is 10.1. The Balaban J connectivity index is 2.48. The fraction of sp³-hybridized carbons (Fsp3) is 1.00. The molecule has 0 bridgehead atoms. The Kier molecular flexibility index (Phi) is 3.95. The molecule has 4 nitrogen and oxygen atoms in total. The minimum atomic E-state index is -3.05. The maximum Gasteiger partial charge on any atom is 0.240 e. The first kappa shape index (κ1) is 12.8. The monoisotopic (exact) mass is 282 g/mol. The molecule has 1 N–H and O–H groups in total. The topological polar surface area (TPSA) is 63.6 Å². The maximum absolute atomic E-state index is 11.0. The van der Waals surface area contributed by atoms with Crippen molar-refractivity contribution < 1.29 is 18.3 Å². The summed E-state index contributed by atoms with van der Waals surface area (Å²) in [5.74, 6) is -0.0882. The van der Waals surface area contributed by atoms with Crippen LogP contribution >= 0.6 is 34.8 Å². The number of rotatable bonds is 2. The Hall–Kier alpha value is 0.740. The van der Waals surface area contributed by atoms with Gasteiger partial charge >= 0.3 is 0 Å². The van der Waals surface area contributed by atoms with Crippen LogP contribution in [0, 0.1) is 0 Å². The quantitative estimate of drug-likeness (QED) is 0.603. The van der Waals surface area contributed by atoms with E-state index in [1.54, 1.807) is 0 Å². The molecule has 0 unspecified atom stereocenters. The minimum Gasteiger partial charge on any atom is -0.365 e. The molecule has 1 aliphatic heterocycles. The molecule has 1 saturated heterocycles. The molecule has 0 amide bonds. The van der Waals surface area contributed by atoms with Crippen molar-refractivity contribution in [2.75, 3.05) is 11.5 Å². The Morgan fingerprint density at radius 2 is 2.00 bits per heavy atom. The van der Waals surface area contributed by atoms with Crippen molar-refractivity contribution in [1.82, 2.24) is 0 Å². The summed E-state index contributed by atoms with van der Waals surface area (Å²) >= 11 is 16.0. The second kappa shape index (κ2) is 4.31. The van der Waals surface area contributed by atoms with Gasteiger partial charge in [-0.25, -0.2) is 8.42 Å². The van der Waals surface area contributed by atoms with Gasteiger partial charge in [0.1, 0.15) is 0 Å². The van der Waals surface area contributed by atoms with E-state index in [1.165, 1.54) is 0 Å². The average molecular weight is 284 g/mol. The molecule has 0 radical (unpaired) electrons. The molecule has 0 saturated carbocycles. The van der Waals surface area contributed by atoms with Gasteiger partial charge in [0.2, 0.25) is 10.1 Å². The maximum atomic E-state index is 11.0. The highest BCUT2D eigenvalue weighted by Crippen LogP contribution is 2.32. The van der Waals surface area contributed by atoms with E-state index in [-0.39, 0.29) is 11.5 Å². The fourth-order valence-corrected chi connectivity index (χ4v) is 2.88. The van der Waals surface area contributed by atoms with Crippen LogP contribution in [0.3, 0.4) is 0 Å². The Labute approximate surface area is 97.0 Å². The van der Waals surface area contributed by atoms with Crippen LogP contribution in [0.15, 0.2) is 0 Å². The van der Waals surface area contributed by atoms with Gasteiger partial charge in [-0.05, 0) is 6.42 Å². The third-order valence-electron chi connectivity index (χ3n) is 1.79. The predicted molar refractivity (Wildman–Crippen MR) is 54.4 cm³/mol. The van der Waals surface area contributed by atoms with E-state index in [0.29, 0.717) is 6.42 Å². The molecule has 2 atom stereocenters. The average Bonchev–Trinajstić information content (AvgIpc) is 2.28. The van der Waals surface area contributed by atoms with Crippen molar-refractivity contribution >= 4 is 44.6 Å². The van der Waals surface area contributed by atoms with Crippen LogP contribution in [0.5, 0.6) is 0 Å². The molecular weight excluding hydrogens is 274 g/mol. The standard InChI is InChI=1S/C6H9Cl3O4S/c7-6(8,9)5(10)13-4-1-2-14(11,12)3-4/h4-5,10H,1-3H2/t4-,5+/m0/s1. The van der Waals surface area contributed by atoms with Crippen molar-refractivity contribution in [2.24, 2.45) is 0 Å². The van der Waals surface area contributed by atoms with Gasteiger partial charge in [-0.3, -0.25) is 0 Å². The van der Waals surface area contributed by atoms with Crippen LogP contribution in [0.2, 0.25) is 0 Å².